The van der Waals surface area contributed by atoms with E-state index in [4.69, 9.17) is 0 Å². The van der Waals surface area contributed by atoms with E-state index in [1.54, 1.807) is 12.1 Å². The Kier molecular flexibility index (Phi) is 14.5. The second-order valence-electron chi connectivity index (χ2n) is 14.4. The smallest absolute Gasteiger partial charge is 0.323 e. The van der Waals surface area contributed by atoms with Gasteiger partial charge in [0.1, 0.15) is 37.7 Å². The number of aromatic hydroxyl groups is 2. The number of non-ortho nitro benzene ring substituents is 2. The lowest BCUT2D eigenvalue weighted by atomic mass is 9.92. The molecule has 22 heteroatoms. The van der Waals surface area contributed by atoms with E-state index in [2.05, 4.69) is 20.5 Å². The molecule has 0 fully saturated rings. The van der Waals surface area contributed by atoms with Gasteiger partial charge < -0.3 is 40.4 Å². The number of phenolic OH excluding ortho intramolecular Hbond substituents is 2. The Hall–Kier alpha value is -9.60. The van der Waals surface area contributed by atoms with Crippen molar-refractivity contribution in [3.8, 4) is 33.8 Å². The van der Waals surface area contributed by atoms with Crippen LogP contribution in [0.1, 0.15) is 11.1 Å². The fraction of sp³-hybridized carbons (Fsp3) is 0.111. The van der Waals surface area contributed by atoms with Gasteiger partial charge in [0, 0.05) is 75.4 Å². The minimum atomic E-state index is -1.35. The summed E-state index contributed by atoms with van der Waals surface area (Å²) in [4.78, 5) is 71.1. The molecule has 0 aromatic heterocycles. The number of benzene rings is 6. The average Bonchev–Trinajstić information content (AvgIpc) is 3.28. The number of carboxylic acid groups (broad SMARTS) is 4. The average molecular weight is 913 g/mol. The van der Waals surface area contributed by atoms with Crippen molar-refractivity contribution in [2.45, 2.75) is 6.42 Å². The van der Waals surface area contributed by atoms with Gasteiger partial charge in [0.05, 0.1) is 32.6 Å². The van der Waals surface area contributed by atoms with Gasteiger partial charge in [-0.05, 0) is 60.7 Å². The number of hydrogen-bond acceptors (Lipinski definition) is 16. The molecule has 0 aliphatic heterocycles. The van der Waals surface area contributed by atoms with Crippen molar-refractivity contribution >= 4 is 69.4 Å². The molecular weight excluding hydrogens is 877 g/mol. The van der Waals surface area contributed by atoms with Crippen LogP contribution in [0.3, 0.4) is 0 Å². The van der Waals surface area contributed by atoms with E-state index in [0.29, 0.717) is 0 Å². The molecule has 340 valence electrons. The molecule has 0 aliphatic rings. The molecule has 0 aliphatic carbocycles. The van der Waals surface area contributed by atoms with Gasteiger partial charge in [0.25, 0.3) is 11.4 Å². The van der Waals surface area contributed by atoms with Crippen LogP contribution >= 0.6 is 0 Å². The van der Waals surface area contributed by atoms with Crippen LogP contribution in [0.5, 0.6) is 11.5 Å². The topological polar surface area (TPSA) is 332 Å². The van der Waals surface area contributed by atoms with E-state index in [9.17, 15) is 70.0 Å². The van der Waals surface area contributed by atoms with Gasteiger partial charge in [-0.2, -0.15) is 20.5 Å². The zero-order chi connectivity index (χ0) is 48.4. The number of anilines is 2. The molecule has 6 rings (SSSR count). The SMILES string of the molecule is O=C(O)CN(CC(=O)O)c1ccccc1-c1cc(N=Nc2ccc([N+](=O)[O-])cc2)cc(Cc2cc(N=Nc3ccc([N+](=O)[O-])cc3)cc(-c3ccccc3N(CC(=O)O)CC(=O)O)c2O)c1O. The number of nitrogens with zero attached hydrogens (tertiary/aromatic N) is 8. The van der Waals surface area contributed by atoms with Crippen LogP contribution < -0.4 is 9.80 Å². The number of nitro benzene ring substituents is 2. The number of hydrogen-bond donors (Lipinski definition) is 6. The molecule has 0 saturated heterocycles. The molecule has 0 radical (unpaired) electrons. The molecule has 0 unspecified atom stereocenters. The first-order valence-corrected chi connectivity index (χ1v) is 19.6. The van der Waals surface area contributed by atoms with Gasteiger partial charge in [0.15, 0.2) is 0 Å². The highest BCUT2D eigenvalue weighted by Gasteiger charge is 2.25. The van der Waals surface area contributed by atoms with Gasteiger partial charge in [-0.25, -0.2) is 0 Å². The van der Waals surface area contributed by atoms with Gasteiger partial charge in [-0.15, -0.1) is 0 Å². The molecule has 6 aromatic rings. The lowest BCUT2D eigenvalue weighted by Crippen LogP contribution is -2.34. The molecule has 6 aromatic carbocycles. The van der Waals surface area contributed by atoms with E-state index in [1.807, 2.05) is 0 Å². The minimum absolute atomic E-state index is 0.0172. The highest BCUT2D eigenvalue weighted by molar-refractivity contribution is 5.91. The van der Waals surface area contributed by atoms with Crippen LogP contribution in [0.2, 0.25) is 0 Å². The number of azo groups is 2. The van der Waals surface area contributed by atoms with Crippen LogP contribution in [0.15, 0.2) is 142 Å². The predicted octanol–water partition coefficient (Wildman–Crippen LogP) is 8.62. The molecule has 0 saturated carbocycles. The molecular formula is C45H36N8O14. The number of para-hydroxylation sites is 2. The number of aliphatic carboxylic acids is 4. The van der Waals surface area contributed by atoms with Gasteiger partial charge in [-0.1, -0.05) is 36.4 Å². The molecule has 0 spiro atoms. The first kappa shape index (κ1) is 46.9. The first-order chi connectivity index (χ1) is 32.0. The lowest BCUT2D eigenvalue weighted by molar-refractivity contribution is -0.385. The summed E-state index contributed by atoms with van der Waals surface area (Å²) in [5.41, 5.74) is 0.798. The summed E-state index contributed by atoms with van der Waals surface area (Å²) in [6.07, 6.45) is -0.342. The zero-order valence-electron chi connectivity index (χ0n) is 34.6. The Morgan fingerprint density at radius 2 is 0.761 bits per heavy atom. The maximum Gasteiger partial charge on any atom is 0.323 e. The van der Waals surface area contributed by atoms with Crippen molar-refractivity contribution in [2.24, 2.45) is 20.5 Å². The van der Waals surface area contributed by atoms with Crippen LogP contribution in [-0.2, 0) is 25.6 Å². The molecule has 6 N–H and O–H groups in total. The molecule has 0 amide bonds. The third-order valence-corrected chi connectivity index (χ3v) is 9.79. The molecule has 67 heavy (non-hydrogen) atoms. The standard InChI is InChI=1S/C45H36N8O14/c54-40(55)22-50(23-41(56)57)38-7-3-1-5-34(38)36-20-30(48-46-28-9-13-32(14-10-28)52(64)65)18-26(44(36)62)17-27-19-31(49-47-29-11-15-33(16-12-29)53(66)67)21-37(45(27)63)35-6-2-4-8-39(35)51(24-42(58)59)25-43(60)61/h1-16,18-21,62-63H,17,22-25H2,(H,54,55)(H,56,57)(H,58,59)(H,60,61). The quantitative estimate of drug-likeness (QED) is 0.0237. The fourth-order valence-corrected chi connectivity index (χ4v) is 6.93. The van der Waals surface area contributed by atoms with E-state index >= 15 is 0 Å². The summed E-state index contributed by atoms with van der Waals surface area (Å²) >= 11 is 0. The summed E-state index contributed by atoms with van der Waals surface area (Å²) in [6.45, 7) is -2.98. The fourth-order valence-electron chi connectivity index (χ4n) is 6.93. The van der Waals surface area contributed by atoms with Crippen molar-refractivity contribution in [3.05, 3.63) is 153 Å². The first-order valence-electron chi connectivity index (χ1n) is 19.6. The van der Waals surface area contributed by atoms with Crippen LogP contribution in [0, 0.1) is 20.2 Å². The van der Waals surface area contributed by atoms with Crippen molar-refractivity contribution in [2.75, 3.05) is 36.0 Å². The number of rotatable bonds is 20. The molecule has 0 heterocycles. The number of carboxylic acids is 4. The maximum absolute atomic E-state index is 12.1. The van der Waals surface area contributed by atoms with Crippen molar-refractivity contribution < 1.29 is 59.7 Å². The summed E-state index contributed by atoms with van der Waals surface area (Å²) in [5, 5.41) is 103. The molecule has 0 bridgehead atoms. The van der Waals surface area contributed by atoms with Crippen LogP contribution in [0.4, 0.5) is 45.5 Å². The zero-order valence-corrected chi connectivity index (χ0v) is 34.6. The predicted molar refractivity (Wildman–Crippen MR) is 239 cm³/mol. The molecule has 22 nitrogen and oxygen atoms in total. The lowest BCUT2D eigenvalue weighted by Gasteiger charge is -2.25. The second-order valence-corrected chi connectivity index (χ2v) is 14.4. The van der Waals surface area contributed by atoms with Crippen molar-refractivity contribution in [1.29, 1.82) is 0 Å². The summed E-state index contributed by atoms with van der Waals surface area (Å²) in [6, 6.07) is 28.0. The molecule has 0 atom stereocenters. The van der Waals surface area contributed by atoms with Crippen LogP contribution in [0.25, 0.3) is 22.3 Å². The normalized spacial score (nSPS) is 11.1. The van der Waals surface area contributed by atoms with Crippen molar-refractivity contribution in [3.63, 3.8) is 0 Å². The number of carbonyl (C=O) groups is 4. The van der Waals surface area contributed by atoms with Gasteiger partial charge in [-0.3, -0.25) is 39.4 Å². The summed E-state index contributed by atoms with van der Waals surface area (Å²) < 4.78 is 0. The Morgan fingerprint density at radius 3 is 1.07 bits per heavy atom. The number of nitro groups is 2. The third kappa shape index (κ3) is 11.9. The highest BCUT2D eigenvalue weighted by Crippen LogP contribution is 2.46. The number of phenols is 2. The Morgan fingerprint density at radius 1 is 0.448 bits per heavy atom. The van der Waals surface area contributed by atoms with E-state index in [1.165, 1.54) is 109 Å². The van der Waals surface area contributed by atoms with E-state index in [0.717, 1.165) is 9.80 Å². The Labute approximate surface area is 377 Å². The summed E-state index contributed by atoms with van der Waals surface area (Å²) in [5.74, 6) is -6.25. The third-order valence-electron chi connectivity index (χ3n) is 9.79. The van der Waals surface area contributed by atoms with Gasteiger partial charge in [0.2, 0.25) is 0 Å². The summed E-state index contributed by atoms with van der Waals surface area (Å²) in [7, 11) is 0. The largest absolute Gasteiger partial charge is 0.507 e. The van der Waals surface area contributed by atoms with E-state index < -0.39 is 71.4 Å². The van der Waals surface area contributed by atoms with Crippen LogP contribution in [-0.4, -0.2) is 90.5 Å². The second kappa shape index (κ2) is 20.7. The minimum Gasteiger partial charge on any atom is -0.507 e. The highest BCUT2D eigenvalue weighted by atomic mass is 16.6. The van der Waals surface area contributed by atoms with Crippen molar-refractivity contribution in [1.82, 2.24) is 0 Å². The van der Waals surface area contributed by atoms with Gasteiger partial charge >= 0.3 is 23.9 Å². The van der Waals surface area contributed by atoms with E-state index in [-0.39, 0.29) is 85.3 Å². The maximum atomic E-state index is 12.1. The monoisotopic (exact) mass is 912 g/mol. The Balaban J connectivity index is 1.57. The Bertz CT molecular complexity index is 2730.